The molecule has 0 saturated heterocycles. The zero-order valence-corrected chi connectivity index (χ0v) is 11.6. The lowest BCUT2D eigenvalue weighted by molar-refractivity contribution is -0.138. The van der Waals surface area contributed by atoms with Crippen LogP contribution in [-0.4, -0.2) is 23.9 Å². The van der Waals surface area contributed by atoms with Crippen LogP contribution in [0.15, 0.2) is 22.7 Å². The van der Waals surface area contributed by atoms with Gasteiger partial charge in [-0.2, -0.15) is 13.2 Å². The maximum Gasteiger partial charge on any atom is 0.417 e. The lowest BCUT2D eigenvalue weighted by Crippen LogP contribution is -2.30. The average Bonchev–Trinajstić information content (AvgIpc) is 2.29. The normalized spacial score (nSPS) is 11.4. The van der Waals surface area contributed by atoms with Crippen LogP contribution >= 0.6 is 15.9 Å². The molecule has 0 aliphatic heterocycles. The molecule has 100 valence electrons. The van der Waals surface area contributed by atoms with Crippen LogP contribution in [0.3, 0.4) is 0 Å². The fourth-order valence-electron chi connectivity index (χ4n) is 1.57. The summed E-state index contributed by atoms with van der Waals surface area (Å²) in [6.07, 6.45) is -4.47. The number of amides is 1. The van der Waals surface area contributed by atoms with E-state index < -0.39 is 17.6 Å². The molecule has 0 bridgehead atoms. The van der Waals surface area contributed by atoms with Crippen LogP contribution in [0.25, 0.3) is 0 Å². The van der Waals surface area contributed by atoms with E-state index >= 15 is 0 Å². The van der Waals surface area contributed by atoms with Gasteiger partial charge in [-0.25, -0.2) is 0 Å². The largest absolute Gasteiger partial charge is 0.417 e. The highest BCUT2D eigenvalue weighted by atomic mass is 79.9. The fraction of sp³-hybridized carbons (Fsp3) is 0.417. The first-order chi connectivity index (χ1) is 8.31. The average molecular weight is 324 g/mol. The van der Waals surface area contributed by atoms with Gasteiger partial charge in [0.2, 0.25) is 0 Å². The highest BCUT2D eigenvalue weighted by Gasteiger charge is 2.33. The van der Waals surface area contributed by atoms with Crippen molar-refractivity contribution in [3.63, 3.8) is 0 Å². The predicted octanol–water partition coefficient (Wildman–Crippen LogP) is 3.95. The number of carbonyl (C=O) groups excluding carboxylic acids is 1. The standard InChI is InChI=1S/C12H13BrF3NO/c1-3-17(4-2)11(18)8-5-6-10(13)9(7-8)12(14,15)16/h5-7H,3-4H2,1-2H3. The molecule has 6 heteroatoms. The molecule has 2 nitrogen and oxygen atoms in total. The van der Waals surface area contributed by atoms with Crippen molar-refractivity contribution in [2.24, 2.45) is 0 Å². The van der Waals surface area contributed by atoms with Crippen LogP contribution in [0.5, 0.6) is 0 Å². The number of hydrogen-bond acceptors (Lipinski definition) is 1. The Hall–Kier alpha value is -1.04. The van der Waals surface area contributed by atoms with Crippen molar-refractivity contribution in [1.82, 2.24) is 4.90 Å². The lowest BCUT2D eigenvalue weighted by atomic mass is 10.1. The molecule has 0 spiro atoms. The number of nitrogens with zero attached hydrogens (tertiary/aromatic N) is 1. The first-order valence-corrected chi connectivity index (χ1v) is 6.26. The predicted molar refractivity (Wildman–Crippen MR) is 66.4 cm³/mol. The van der Waals surface area contributed by atoms with E-state index in [1.807, 2.05) is 0 Å². The molecule has 0 aromatic heterocycles. The molecule has 1 amide bonds. The lowest BCUT2D eigenvalue weighted by Gasteiger charge is -2.19. The maximum absolute atomic E-state index is 12.7. The minimum Gasteiger partial charge on any atom is -0.339 e. The molecule has 0 unspecified atom stereocenters. The molecule has 1 aromatic carbocycles. The second-order valence-electron chi connectivity index (χ2n) is 3.67. The third-order valence-corrected chi connectivity index (χ3v) is 3.26. The van der Waals surface area contributed by atoms with Gasteiger partial charge in [-0.05, 0) is 32.0 Å². The monoisotopic (exact) mass is 323 g/mol. The number of halogens is 4. The molecule has 0 N–H and O–H groups in total. The van der Waals surface area contributed by atoms with Crippen molar-refractivity contribution in [3.8, 4) is 0 Å². The van der Waals surface area contributed by atoms with Gasteiger partial charge in [0.1, 0.15) is 0 Å². The van der Waals surface area contributed by atoms with Crippen LogP contribution in [0.2, 0.25) is 0 Å². The highest BCUT2D eigenvalue weighted by molar-refractivity contribution is 9.10. The Morgan fingerprint density at radius 1 is 1.28 bits per heavy atom. The van der Waals surface area contributed by atoms with Gasteiger partial charge >= 0.3 is 6.18 Å². The molecule has 0 aliphatic rings. The number of hydrogen-bond donors (Lipinski definition) is 0. The second-order valence-corrected chi connectivity index (χ2v) is 4.52. The van der Waals surface area contributed by atoms with E-state index in [9.17, 15) is 18.0 Å². The Bertz CT molecular complexity index is 441. The van der Waals surface area contributed by atoms with E-state index in [1.54, 1.807) is 13.8 Å². The second kappa shape index (κ2) is 5.73. The SMILES string of the molecule is CCN(CC)C(=O)c1ccc(Br)c(C(F)(F)F)c1. The first kappa shape index (κ1) is 15.0. The van der Waals surface area contributed by atoms with E-state index in [0.717, 1.165) is 6.07 Å². The third-order valence-electron chi connectivity index (χ3n) is 2.57. The van der Waals surface area contributed by atoms with Crippen LogP contribution in [-0.2, 0) is 6.18 Å². The Morgan fingerprint density at radius 3 is 2.28 bits per heavy atom. The maximum atomic E-state index is 12.7. The van der Waals surface area contributed by atoms with Gasteiger partial charge in [-0.15, -0.1) is 0 Å². The number of benzene rings is 1. The summed E-state index contributed by atoms with van der Waals surface area (Å²) in [5.41, 5.74) is -0.783. The molecule has 0 heterocycles. The van der Waals surface area contributed by atoms with Crippen LogP contribution in [0.4, 0.5) is 13.2 Å². The minimum atomic E-state index is -4.47. The van der Waals surface area contributed by atoms with Crippen molar-refractivity contribution in [3.05, 3.63) is 33.8 Å². The molecular formula is C12H13BrF3NO. The van der Waals surface area contributed by atoms with Crippen molar-refractivity contribution < 1.29 is 18.0 Å². The smallest absolute Gasteiger partial charge is 0.339 e. The topological polar surface area (TPSA) is 20.3 Å². The van der Waals surface area contributed by atoms with Crippen molar-refractivity contribution >= 4 is 21.8 Å². The van der Waals surface area contributed by atoms with E-state index in [-0.39, 0.29) is 10.0 Å². The summed E-state index contributed by atoms with van der Waals surface area (Å²) in [4.78, 5) is 13.4. The van der Waals surface area contributed by atoms with Crippen molar-refractivity contribution in [1.29, 1.82) is 0 Å². The van der Waals surface area contributed by atoms with E-state index in [0.29, 0.717) is 13.1 Å². The number of carbonyl (C=O) groups is 1. The van der Waals surface area contributed by atoms with Crippen LogP contribution in [0, 0.1) is 0 Å². The summed E-state index contributed by atoms with van der Waals surface area (Å²) >= 11 is 2.84. The molecule has 1 rings (SSSR count). The zero-order valence-electron chi connectivity index (χ0n) is 10.0. The third kappa shape index (κ3) is 3.25. The van der Waals surface area contributed by atoms with Gasteiger partial charge in [0.25, 0.3) is 5.91 Å². The van der Waals surface area contributed by atoms with Gasteiger partial charge in [0, 0.05) is 23.1 Å². The molecule has 1 aromatic rings. The van der Waals surface area contributed by atoms with Gasteiger partial charge in [-0.3, -0.25) is 4.79 Å². The summed E-state index contributed by atoms with van der Waals surface area (Å²) in [6.45, 7) is 4.50. The molecule has 0 fully saturated rings. The molecular weight excluding hydrogens is 311 g/mol. The van der Waals surface area contributed by atoms with Crippen LogP contribution < -0.4 is 0 Å². The Balaban J connectivity index is 3.17. The Labute approximate surface area is 112 Å². The van der Waals surface area contributed by atoms with E-state index in [1.165, 1.54) is 17.0 Å². The van der Waals surface area contributed by atoms with Gasteiger partial charge < -0.3 is 4.90 Å². The van der Waals surface area contributed by atoms with Gasteiger partial charge in [-0.1, -0.05) is 15.9 Å². The fourth-order valence-corrected chi connectivity index (χ4v) is 2.04. The molecule has 0 radical (unpaired) electrons. The number of alkyl halides is 3. The quantitative estimate of drug-likeness (QED) is 0.824. The zero-order chi connectivity index (χ0) is 13.9. The summed E-state index contributed by atoms with van der Waals surface area (Å²) in [6, 6.07) is 3.52. The Kier molecular flexibility index (Phi) is 4.78. The summed E-state index contributed by atoms with van der Waals surface area (Å²) < 4.78 is 38.0. The number of rotatable bonds is 3. The summed E-state index contributed by atoms with van der Waals surface area (Å²) in [7, 11) is 0. The molecule has 0 saturated carbocycles. The molecule has 18 heavy (non-hydrogen) atoms. The van der Waals surface area contributed by atoms with E-state index in [2.05, 4.69) is 15.9 Å². The highest BCUT2D eigenvalue weighted by Crippen LogP contribution is 2.35. The van der Waals surface area contributed by atoms with Crippen molar-refractivity contribution in [2.45, 2.75) is 20.0 Å². The van der Waals surface area contributed by atoms with Crippen molar-refractivity contribution in [2.75, 3.05) is 13.1 Å². The van der Waals surface area contributed by atoms with E-state index in [4.69, 9.17) is 0 Å². The Morgan fingerprint density at radius 2 is 1.83 bits per heavy atom. The summed E-state index contributed by atoms with van der Waals surface area (Å²) in [5.74, 6) is -0.391. The molecule has 0 aliphatic carbocycles. The minimum absolute atomic E-state index is 0.0502. The molecule has 0 atom stereocenters. The first-order valence-electron chi connectivity index (χ1n) is 5.47. The van der Waals surface area contributed by atoms with Crippen LogP contribution in [0.1, 0.15) is 29.8 Å². The summed E-state index contributed by atoms with van der Waals surface area (Å²) in [5, 5.41) is 0. The van der Waals surface area contributed by atoms with Gasteiger partial charge in [0.05, 0.1) is 5.56 Å². The van der Waals surface area contributed by atoms with Gasteiger partial charge in [0.15, 0.2) is 0 Å².